The third-order valence-electron chi connectivity index (χ3n) is 3.70. The van der Waals surface area contributed by atoms with Crippen LogP contribution < -0.4 is 11.2 Å². The second kappa shape index (κ2) is 5.57. The number of aryl methyl sites for hydroxylation is 2. The number of rotatable bonds is 3. The van der Waals surface area contributed by atoms with Crippen LogP contribution in [0.1, 0.15) is 27.0 Å². The summed E-state index contributed by atoms with van der Waals surface area (Å²) in [5, 5.41) is 5.01. The van der Waals surface area contributed by atoms with Crippen LogP contribution in [0.2, 0.25) is 0 Å². The summed E-state index contributed by atoms with van der Waals surface area (Å²) in [4.78, 5) is 18.0. The lowest BCUT2D eigenvalue weighted by Crippen LogP contribution is -2.24. The van der Waals surface area contributed by atoms with Crippen LogP contribution in [0.5, 0.6) is 0 Å². The highest BCUT2D eigenvalue weighted by molar-refractivity contribution is 6.01. The van der Waals surface area contributed by atoms with Gasteiger partial charge in [-0.05, 0) is 54.8 Å². The van der Waals surface area contributed by atoms with Crippen LogP contribution in [0.25, 0.3) is 11.0 Å². The molecule has 22 heavy (non-hydrogen) atoms. The van der Waals surface area contributed by atoms with Gasteiger partial charge in [-0.1, -0.05) is 0 Å². The lowest BCUT2D eigenvalue weighted by atomic mass is 9.99. The van der Waals surface area contributed by atoms with Crippen LogP contribution in [0.15, 0.2) is 36.7 Å². The van der Waals surface area contributed by atoms with Crippen molar-refractivity contribution < 1.29 is 4.79 Å². The molecular formula is C16H17N5O. The third-order valence-corrected chi connectivity index (χ3v) is 3.70. The maximum Gasteiger partial charge on any atom is 0.271 e. The van der Waals surface area contributed by atoms with E-state index in [1.807, 2.05) is 38.1 Å². The van der Waals surface area contributed by atoms with E-state index in [1.54, 1.807) is 12.4 Å². The van der Waals surface area contributed by atoms with Crippen LogP contribution in [-0.2, 0) is 6.54 Å². The van der Waals surface area contributed by atoms with Gasteiger partial charge in [0.25, 0.3) is 5.91 Å². The molecule has 0 bridgehead atoms. The molecule has 2 aromatic heterocycles. The molecule has 3 rings (SSSR count). The van der Waals surface area contributed by atoms with Gasteiger partial charge in [-0.3, -0.25) is 4.79 Å². The van der Waals surface area contributed by atoms with Gasteiger partial charge < -0.3 is 5.73 Å². The number of amides is 1. The van der Waals surface area contributed by atoms with E-state index in [1.165, 1.54) is 4.79 Å². The summed E-state index contributed by atoms with van der Waals surface area (Å²) >= 11 is 0. The predicted molar refractivity (Wildman–Crippen MR) is 85.0 cm³/mol. The Morgan fingerprint density at radius 3 is 2.73 bits per heavy atom. The molecule has 0 unspecified atom stereocenters. The number of carbonyl (C=O) groups excluding carboxylic acids is 1. The van der Waals surface area contributed by atoms with Crippen molar-refractivity contribution in [1.82, 2.24) is 14.9 Å². The smallest absolute Gasteiger partial charge is 0.271 e. The number of aromatic nitrogens is 3. The molecule has 6 nitrogen and oxygen atoms in total. The Balaban J connectivity index is 1.92. The van der Waals surface area contributed by atoms with E-state index >= 15 is 0 Å². The van der Waals surface area contributed by atoms with Crippen molar-refractivity contribution >= 4 is 16.9 Å². The number of fused-ring (bicyclic) bond motifs is 1. The maximum absolute atomic E-state index is 12.4. The molecule has 6 heteroatoms. The fraction of sp³-hybridized carbons (Fsp3) is 0.188. The Labute approximate surface area is 127 Å². The van der Waals surface area contributed by atoms with Gasteiger partial charge >= 0.3 is 0 Å². The molecule has 1 amide bonds. The lowest BCUT2D eigenvalue weighted by Gasteiger charge is -2.11. The van der Waals surface area contributed by atoms with E-state index < -0.39 is 0 Å². The topological polar surface area (TPSA) is 85.8 Å². The predicted octanol–water partition coefficient (Wildman–Crippen LogP) is 1.89. The Bertz CT molecular complexity index is 830. The molecule has 1 aromatic carbocycles. The maximum atomic E-state index is 12.4. The first-order chi connectivity index (χ1) is 10.6. The summed E-state index contributed by atoms with van der Waals surface area (Å²) in [6.45, 7) is 4.38. The molecule has 0 radical (unpaired) electrons. The molecule has 0 saturated heterocycles. The van der Waals surface area contributed by atoms with E-state index in [2.05, 4.69) is 15.5 Å². The Kier molecular flexibility index (Phi) is 3.60. The van der Waals surface area contributed by atoms with Crippen LogP contribution in [0.3, 0.4) is 0 Å². The van der Waals surface area contributed by atoms with E-state index in [4.69, 9.17) is 5.73 Å². The average Bonchev–Trinajstić information content (AvgIpc) is 2.90. The number of hydrogen-bond donors (Lipinski definition) is 2. The highest BCUT2D eigenvalue weighted by Gasteiger charge is 2.12. The zero-order valence-corrected chi connectivity index (χ0v) is 12.5. The number of benzene rings is 1. The Morgan fingerprint density at radius 1 is 1.32 bits per heavy atom. The number of hydrogen-bond acceptors (Lipinski definition) is 4. The molecule has 3 N–H and O–H groups in total. The van der Waals surface area contributed by atoms with Crippen molar-refractivity contribution in [2.45, 2.75) is 20.4 Å². The molecule has 112 valence electrons. The van der Waals surface area contributed by atoms with Crippen molar-refractivity contribution in [3.05, 3.63) is 58.9 Å². The summed E-state index contributed by atoms with van der Waals surface area (Å²) in [6.07, 6.45) is 3.33. The first-order valence-electron chi connectivity index (χ1n) is 7.00. The first kappa shape index (κ1) is 14.2. The number of nitrogens with two attached hydrogens (primary N) is 1. The van der Waals surface area contributed by atoms with Crippen LogP contribution in [0, 0.1) is 13.8 Å². The molecule has 0 fully saturated rings. The summed E-state index contributed by atoms with van der Waals surface area (Å²) < 4.78 is 0. The highest BCUT2D eigenvalue weighted by Crippen LogP contribution is 2.16. The molecule has 0 aliphatic rings. The molecule has 0 saturated carbocycles. The van der Waals surface area contributed by atoms with Crippen molar-refractivity contribution in [3.63, 3.8) is 0 Å². The number of carbonyl (C=O) groups is 1. The van der Waals surface area contributed by atoms with Crippen molar-refractivity contribution in [3.8, 4) is 0 Å². The van der Waals surface area contributed by atoms with Gasteiger partial charge in [0.15, 0.2) is 5.65 Å². The number of pyridine rings is 1. The van der Waals surface area contributed by atoms with Gasteiger partial charge in [0.1, 0.15) is 0 Å². The SMILES string of the molecule is Cc1cc(C(=O)Nn2ncc3cccnc32)cc(C)c1CN. The first-order valence-corrected chi connectivity index (χ1v) is 7.00. The lowest BCUT2D eigenvalue weighted by molar-refractivity contribution is 0.101. The fourth-order valence-electron chi connectivity index (χ4n) is 2.55. The van der Waals surface area contributed by atoms with E-state index in [9.17, 15) is 4.79 Å². The summed E-state index contributed by atoms with van der Waals surface area (Å²) in [6, 6.07) is 7.39. The molecule has 0 atom stereocenters. The normalized spacial score (nSPS) is 10.9. The van der Waals surface area contributed by atoms with Crippen molar-refractivity contribution in [1.29, 1.82) is 0 Å². The van der Waals surface area contributed by atoms with E-state index in [0.29, 0.717) is 17.8 Å². The van der Waals surface area contributed by atoms with Crippen molar-refractivity contribution in [2.75, 3.05) is 5.43 Å². The molecule has 0 aliphatic heterocycles. The van der Waals surface area contributed by atoms with Gasteiger partial charge in [-0.15, -0.1) is 0 Å². The average molecular weight is 295 g/mol. The van der Waals surface area contributed by atoms with Gasteiger partial charge in [-0.2, -0.15) is 9.89 Å². The van der Waals surface area contributed by atoms with Crippen LogP contribution >= 0.6 is 0 Å². The van der Waals surface area contributed by atoms with Gasteiger partial charge in [0.2, 0.25) is 0 Å². The molecular weight excluding hydrogens is 278 g/mol. The minimum Gasteiger partial charge on any atom is -0.326 e. The zero-order chi connectivity index (χ0) is 15.7. The van der Waals surface area contributed by atoms with Crippen LogP contribution in [0.4, 0.5) is 0 Å². The van der Waals surface area contributed by atoms with Gasteiger partial charge in [0.05, 0.1) is 6.20 Å². The van der Waals surface area contributed by atoms with Crippen molar-refractivity contribution in [2.24, 2.45) is 5.73 Å². The third kappa shape index (κ3) is 2.44. The second-order valence-corrected chi connectivity index (χ2v) is 5.21. The minimum atomic E-state index is -0.231. The monoisotopic (exact) mass is 295 g/mol. The Morgan fingerprint density at radius 2 is 2.05 bits per heavy atom. The van der Waals surface area contributed by atoms with E-state index in [-0.39, 0.29) is 5.91 Å². The largest absolute Gasteiger partial charge is 0.326 e. The zero-order valence-electron chi connectivity index (χ0n) is 12.5. The molecule has 0 spiro atoms. The molecule has 3 aromatic rings. The number of nitrogens with one attached hydrogen (secondary N) is 1. The van der Waals surface area contributed by atoms with E-state index in [0.717, 1.165) is 22.1 Å². The fourth-order valence-corrected chi connectivity index (χ4v) is 2.55. The standard InChI is InChI=1S/C16H17N5O/c1-10-6-13(7-11(2)14(10)8-17)16(22)20-21-15-12(9-19-21)4-3-5-18-15/h3-7,9H,8,17H2,1-2H3,(H,20,22). The quantitative estimate of drug-likeness (QED) is 0.772. The van der Waals surface area contributed by atoms with Crippen LogP contribution in [-0.4, -0.2) is 20.8 Å². The summed E-state index contributed by atoms with van der Waals surface area (Å²) in [5.41, 5.74) is 12.8. The molecule has 0 aliphatic carbocycles. The van der Waals surface area contributed by atoms with Gasteiger partial charge in [-0.25, -0.2) is 10.4 Å². The minimum absolute atomic E-state index is 0.231. The molecule has 2 heterocycles. The highest BCUT2D eigenvalue weighted by atomic mass is 16.2. The Hall–Kier alpha value is -2.73. The summed E-state index contributed by atoms with van der Waals surface area (Å²) in [5.74, 6) is -0.231. The second-order valence-electron chi connectivity index (χ2n) is 5.21. The van der Waals surface area contributed by atoms with Gasteiger partial charge in [0, 0.05) is 23.7 Å². The number of nitrogens with zero attached hydrogens (tertiary/aromatic N) is 3. The summed E-state index contributed by atoms with van der Waals surface area (Å²) in [7, 11) is 0.